The summed E-state index contributed by atoms with van der Waals surface area (Å²) in [7, 11) is 1.82. The summed E-state index contributed by atoms with van der Waals surface area (Å²) in [5.41, 5.74) is 7.45. The smallest absolute Gasteiger partial charge is 0.258 e. The first-order valence-corrected chi connectivity index (χ1v) is 11.7. The third-order valence-corrected chi connectivity index (χ3v) is 6.75. The Labute approximate surface area is 212 Å². The van der Waals surface area contributed by atoms with Crippen LogP contribution in [-0.2, 0) is 24.0 Å². The van der Waals surface area contributed by atoms with Crippen molar-refractivity contribution < 1.29 is 14.7 Å². The first-order valence-electron chi connectivity index (χ1n) is 11.3. The van der Waals surface area contributed by atoms with Crippen LogP contribution in [0.4, 0.5) is 17.2 Å². The number of hydrogen-bond donors (Lipinski definition) is 3. The summed E-state index contributed by atoms with van der Waals surface area (Å²) in [4.78, 5) is 27.9. The lowest BCUT2D eigenvalue weighted by Gasteiger charge is -2.27. The predicted molar refractivity (Wildman–Crippen MR) is 138 cm³/mol. The normalized spacial score (nSPS) is 14.2. The quantitative estimate of drug-likeness (QED) is 0.391. The van der Waals surface area contributed by atoms with E-state index in [9.17, 15) is 14.7 Å². The summed E-state index contributed by atoms with van der Waals surface area (Å²) in [5, 5.41) is 19.5. The third-order valence-electron chi connectivity index (χ3n) is 6.51. The molecule has 0 saturated heterocycles. The van der Waals surface area contributed by atoms with Crippen molar-refractivity contribution in [3.63, 3.8) is 0 Å². The number of amides is 2. The first-order chi connectivity index (χ1) is 17.2. The number of nitrogens with two attached hydrogens (primary N) is 1. The molecule has 1 aliphatic rings. The van der Waals surface area contributed by atoms with Crippen molar-refractivity contribution in [1.82, 2.24) is 9.78 Å². The number of benzene rings is 3. The highest BCUT2D eigenvalue weighted by molar-refractivity contribution is 6.31. The fraction of sp³-hybridized carbons (Fsp3) is 0.148. The molecule has 5 rings (SSSR count). The maximum absolute atomic E-state index is 13.9. The van der Waals surface area contributed by atoms with Crippen molar-refractivity contribution >= 4 is 40.6 Å². The molecule has 2 heterocycles. The number of hydrogen-bond acceptors (Lipinski definition) is 5. The molecule has 182 valence electrons. The van der Waals surface area contributed by atoms with Crippen LogP contribution in [0.5, 0.6) is 0 Å². The minimum atomic E-state index is -2.03. The number of carbonyl (C=O) groups is 2. The van der Waals surface area contributed by atoms with E-state index < -0.39 is 11.5 Å². The lowest BCUT2D eigenvalue weighted by molar-refractivity contribution is -0.133. The van der Waals surface area contributed by atoms with E-state index in [0.29, 0.717) is 39.6 Å². The van der Waals surface area contributed by atoms with Gasteiger partial charge in [0.05, 0.1) is 24.1 Å². The zero-order valence-electron chi connectivity index (χ0n) is 19.7. The van der Waals surface area contributed by atoms with Gasteiger partial charge in [-0.2, -0.15) is 5.10 Å². The first kappa shape index (κ1) is 23.6. The Morgan fingerprint density at radius 1 is 1.08 bits per heavy atom. The van der Waals surface area contributed by atoms with E-state index in [1.54, 1.807) is 89.4 Å². The molecule has 1 aliphatic heterocycles. The maximum atomic E-state index is 13.9. The molecular formula is C27H24ClN5O3. The molecule has 1 unspecified atom stereocenters. The number of aromatic nitrogens is 2. The number of aryl methyl sites for hydroxylation is 2. The van der Waals surface area contributed by atoms with Gasteiger partial charge in [-0.3, -0.25) is 14.3 Å². The Bertz CT molecular complexity index is 1500. The van der Waals surface area contributed by atoms with Crippen LogP contribution >= 0.6 is 11.6 Å². The van der Waals surface area contributed by atoms with Gasteiger partial charge in [0.2, 0.25) is 0 Å². The third kappa shape index (κ3) is 3.80. The summed E-state index contributed by atoms with van der Waals surface area (Å²) in [6.07, 6.45) is 1.72. The van der Waals surface area contributed by atoms with Gasteiger partial charge >= 0.3 is 0 Å². The molecule has 4 aromatic rings. The van der Waals surface area contributed by atoms with Gasteiger partial charge in [-0.05, 0) is 47.9 Å². The van der Waals surface area contributed by atoms with Gasteiger partial charge in [0, 0.05) is 23.2 Å². The molecule has 0 aliphatic carbocycles. The van der Waals surface area contributed by atoms with Gasteiger partial charge in [0.15, 0.2) is 5.60 Å². The minimum Gasteiger partial charge on any atom is -0.372 e. The number of aliphatic hydroxyl groups is 1. The molecular weight excluding hydrogens is 478 g/mol. The minimum absolute atomic E-state index is 0.247. The molecule has 0 saturated carbocycles. The number of nitrogens with one attached hydrogen (secondary N) is 1. The van der Waals surface area contributed by atoms with Gasteiger partial charge in [0.25, 0.3) is 11.8 Å². The fourth-order valence-electron chi connectivity index (χ4n) is 4.57. The number of fused-ring (bicyclic) bond motifs is 2. The number of nitrogens with zero attached hydrogens (tertiary/aromatic N) is 3. The molecule has 36 heavy (non-hydrogen) atoms. The number of rotatable bonds is 4. The molecule has 2 amide bonds. The topological polar surface area (TPSA) is 113 Å². The summed E-state index contributed by atoms with van der Waals surface area (Å²) < 4.78 is 1.71. The largest absolute Gasteiger partial charge is 0.372 e. The highest BCUT2D eigenvalue weighted by Crippen LogP contribution is 2.38. The van der Waals surface area contributed by atoms with Crippen LogP contribution in [0.3, 0.4) is 0 Å². The molecule has 0 spiro atoms. The van der Waals surface area contributed by atoms with E-state index in [1.807, 2.05) is 7.05 Å². The molecule has 3 aromatic carbocycles. The Hall–Kier alpha value is -4.14. The van der Waals surface area contributed by atoms with Crippen molar-refractivity contribution in [2.75, 3.05) is 10.2 Å². The average Bonchev–Trinajstić information content (AvgIpc) is 3.11. The summed E-state index contributed by atoms with van der Waals surface area (Å²) in [6, 6.07) is 18.6. The van der Waals surface area contributed by atoms with Crippen LogP contribution in [0.15, 0.2) is 72.9 Å². The Morgan fingerprint density at radius 3 is 2.53 bits per heavy atom. The number of halogens is 1. The molecule has 8 nitrogen and oxygen atoms in total. The fourth-order valence-corrected chi connectivity index (χ4v) is 4.74. The predicted octanol–water partition coefficient (Wildman–Crippen LogP) is 4.01. The lowest BCUT2D eigenvalue weighted by Crippen LogP contribution is -2.42. The van der Waals surface area contributed by atoms with Gasteiger partial charge in [-0.15, -0.1) is 0 Å². The van der Waals surface area contributed by atoms with E-state index in [-0.39, 0.29) is 11.5 Å². The van der Waals surface area contributed by atoms with Crippen LogP contribution in [0.2, 0.25) is 5.02 Å². The second-order valence-corrected chi connectivity index (χ2v) is 9.23. The molecule has 1 aromatic heterocycles. The highest BCUT2D eigenvalue weighted by Gasteiger charge is 2.38. The van der Waals surface area contributed by atoms with Gasteiger partial charge in [-0.25, -0.2) is 0 Å². The van der Waals surface area contributed by atoms with E-state index in [1.165, 1.54) is 0 Å². The molecule has 4 N–H and O–H groups in total. The number of primary amides is 1. The zero-order valence-corrected chi connectivity index (χ0v) is 20.5. The Balaban J connectivity index is 1.57. The van der Waals surface area contributed by atoms with Gasteiger partial charge in [0.1, 0.15) is 5.82 Å². The summed E-state index contributed by atoms with van der Waals surface area (Å²) in [5.74, 6) is -0.376. The molecule has 0 bridgehead atoms. The van der Waals surface area contributed by atoms with Crippen LogP contribution in [0.1, 0.15) is 32.6 Å². The SMILES string of the molecule is Cc1cc(C(O)(C(N)=O)c2ccccc2)ccc1C(=O)N1Cc2cnn(C)c2Nc2cc(Cl)ccc21. The maximum Gasteiger partial charge on any atom is 0.258 e. The lowest BCUT2D eigenvalue weighted by atomic mass is 9.84. The van der Waals surface area contributed by atoms with Crippen molar-refractivity contribution in [2.45, 2.75) is 19.1 Å². The van der Waals surface area contributed by atoms with Crippen LogP contribution in [0, 0.1) is 6.92 Å². The van der Waals surface area contributed by atoms with Crippen LogP contribution in [-0.4, -0.2) is 26.7 Å². The van der Waals surface area contributed by atoms with Crippen LogP contribution < -0.4 is 16.0 Å². The highest BCUT2D eigenvalue weighted by atomic mass is 35.5. The standard InChI is InChI=1S/C27H24ClN5O3/c1-16-12-19(27(36,26(29)35)18-6-4-3-5-7-18)8-10-21(16)25(34)33-15-17-14-30-32(2)24(17)31-22-13-20(28)9-11-23(22)33/h3-14,31,36H,15H2,1-2H3,(H2,29,35). The van der Waals surface area contributed by atoms with E-state index in [2.05, 4.69) is 10.4 Å². The average molecular weight is 502 g/mol. The zero-order chi connectivity index (χ0) is 25.6. The Kier molecular flexibility index (Phi) is 5.78. The van der Waals surface area contributed by atoms with Crippen molar-refractivity contribution in [2.24, 2.45) is 12.8 Å². The summed E-state index contributed by atoms with van der Waals surface area (Å²) in [6.45, 7) is 2.05. The van der Waals surface area contributed by atoms with Gasteiger partial charge < -0.3 is 21.1 Å². The van der Waals surface area contributed by atoms with Crippen LogP contribution in [0.25, 0.3) is 0 Å². The van der Waals surface area contributed by atoms with Gasteiger partial charge in [-0.1, -0.05) is 54.1 Å². The molecule has 0 fully saturated rings. The second kappa shape index (κ2) is 8.82. The molecule has 0 radical (unpaired) electrons. The monoisotopic (exact) mass is 501 g/mol. The van der Waals surface area contributed by atoms with Crippen molar-refractivity contribution in [3.05, 3.63) is 106 Å². The van der Waals surface area contributed by atoms with E-state index >= 15 is 0 Å². The Morgan fingerprint density at radius 2 is 1.83 bits per heavy atom. The molecule has 9 heteroatoms. The van der Waals surface area contributed by atoms with E-state index in [4.69, 9.17) is 17.3 Å². The summed E-state index contributed by atoms with van der Waals surface area (Å²) >= 11 is 6.25. The number of anilines is 3. The van der Waals surface area contributed by atoms with Crippen molar-refractivity contribution in [1.29, 1.82) is 0 Å². The molecule has 1 atom stereocenters. The number of carbonyl (C=O) groups excluding carboxylic acids is 2. The van der Waals surface area contributed by atoms with E-state index in [0.717, 1.165) is 11.4 Å². The van der Waals surface area contributed by atoms with Crippen molar-refractivity contribution in [3.8, 4) is 0 Å². The second-order valence-electron chi connectivity index (χ2n) is 8.79.